The van der Waals surface area contributed by atoms with Crippen molar-refractivity contribution < 1.29 is 0 Å². The Bertz CT molecular complexity index is 439. The highest BCUT2D eigenvalue weighted by atomic mass is 32.1. The van der Waals surface area contributed by atoms with E-state index in [2.05, 4.69) is 44.8 Å². The van der Waals surface area contributed by atoms with Gasteiger partial charge in [-0.05, 0) is 38.4 Å². The molecule has 21 heavy (non-hydrogen) atoms. The third kappa shape index (κ3) is 4.76. The Kier molecular flexibility index (Phi) is 5.81. The molecule has 1 aromatic rings. The fraction of sp³-hybridized carbons (Fsp3) is 0.824. The molecule has 0 atom stereocenters. The molecule has 0 aliphatic carbocycles. The highest BCUT2D eigenvalue weighted by molar-refractivity contribution is 7.11. The molecule has 120 valence electrons. The zero-order chi connectivity index (χ0) is 15.5. The summed E-state index contributed by atoms with van der Waals surface area (Å²) in [6.07, 6.45) is 2.67. The summed E-state index contributed by atoms with van der Waals surface area (Å²) < 4.78 is 0. The summed E-state index contributed by atoms with van der Waals surface area (Å²) in [5.74, 6) is 0.895. The molecule has 0 aromatic carbocycles. The standard InChI is InChI=1S/C17H31N3S/c1-6-18-11-14-16(17(3,4)5)19-15(21-14)12-20-9-7-13(2)8-10-20/h13,18H,6-12H2,1-5H3. The lowest BCUT2D eigenvalue weighted by molar-refractivity contribution is 0.185. The van der Waals surface area contributed by atoms with Gasteiger partial charge in [-0.15, -0.1) is 11.3 Å². The third-order valence-corrected chi connectivity index (χ3v) is 5.26. The summed E-state index contributed by atoms with van der Waals surface area (Å²) in [4.78, 5) is 8.98. The number of piperidine rings is 1. The fourth-order valence-electron chi connectivity index (χ4n) is 2.82. The monoisotopic (exact) mass is 309 g/mol. The van der Waals surface area contributed by atoms with Crippen LogP contribution in [0.1, 0.15) is 63.0 Å². The average molecular weight is 310 g/mol. The molecule has 2 heterocycles. The summed E-state index contributed by atoms with van der Waals surface area (Å²) in [6, 6.07) is 0. The summed E-state index contributed by atoms with van der Waals surface area (Å²) >= 11 is 1.91. The molecule has 1 saturated heterocycles. The Morgan fingerprint density at radius 3 is 2.52 bits per heavy atom. The second-order valence-corrected chi connectivity index (χ2v) is 8.54. The predicted octanol–water partition coefficient (Wildman–Crippen LogP) is 3.78. The van der Waals surface area contributed by atoms with Crippen LogP contribution in [0.5, 0.6) is 0 Å². The fourth-order valence-corrected chi connectivity index (χ4v) is 4.12. The molecule has 1 N–H and O–H groups in total. The van der Waals surface area contributed by atoms with Crippen LogP contribution in [0.3, 0.4) is 0 Å². The van der Waals surface area contributed by atoms with Crippen LogP contribution in [0.4, 0.5) is 0 Å². The van der Waals surface area contributed by atoms with Crippen molar-refractivity contribution in [1.82, 2.24) is 15.2 Å². The molecular weight excluding hydrogens is 278 g/mol. The van der Waals surface area contributed by atoms with Crippen LogP contribution in [0.25, 0.3) is 0 Å². The van der Waals surface area contributed by atoms with E-state index in [1.807, 2.05) is 11.3 Å². The summed E-state index contributed by atoms with van der Waals surface area (Å²) in [6.45, 7) is 16.8. The third-order valence-electron chi connectivity index (χ3n) is 4.22. The number of hydrogen-bond donors (Lipinski definition) is 1. The van der Waals surface area contributed by atoms with Crippen LogP contribution < -0.4 is 5.32 Å². The first-order valence-corrected chi connectivity index (χ1v) is 9.14. The van der Waals surface area contributed by atoms with Gasteiger partial charge < -0.3 is 5.32 Å². The molecule has 2 rings (SSSR count). The molecule has 0 spiro atoms. The molecule has 0 radical (unpaired) electrons. The smallest absolute Gasteiger partial charge is 0.107 e. The number of nitrogens with one attached hydrogen (secondary N) is 1. The van der Waals surface area contributed by atoms with E-state index in [1.54, 1.807) is 0 Å². The van der Waals surface area contributed by atoms with E-state index in [4.69, 9.17) is 4.98 Å². The first-order valence-electron chi connectivity index (χ1n) is 8.32. The molecule has 1 aliphatic heterocycles. The Balaban J connectivity index is 2.07. The predicted molar refractivity (Wildman–Crippen MR) is 91.9 cm³/mol. The minimum absolute atomic E-state index is 0.135. The van der Waals surface area contributed by atoms with E-state index in [0.717, 1.165) is 25.6 Å². The topological polar surface area (TPSA) is 28.2 Å². The Labute approximate surface area is 134 Å². The Morgan fingerprint density at radius 1 is 1.29 bits per heavy atom. The van der Waals surface area contributed by atoms with E-state index < -0.39 is 0 Å². The molecule has 0 unspecified atom stereocenters. The highest BCUT2D eigenvalue weighted by Gasteiger charge is 2.24. The second kappa shape index (κ2) is 7.21. The lowest BCUT2D eigenvalue weighted by atomic mass is 9.91. The van der Waals surface area contributed by atoms with Gasteiger partial charge in [0, 0.05) is 16.8 Å². The highest BCUT2D eigenvalue weighted by Crippen LogP contribution is 2.30. The maximum Gasteiger partial charge on any atom is 0.107 e. The number of likely N-dealkylation sites (tertiary alicyclic amines) is 1. The Hall–Kier alpha value is -0.450. The minimum Gasteiger partial charge on any atom is -0.312 e. The van der Waals surface area contributed by atoms with E-state index >= 15 is 0 Å². The van der Waals surface area contributed by atoms with Crippen molar-refractivity contribution in [2.75, 3.05) is 19.6 Å². The van der Waals surface area contributed by atoms with Crippen LogP contribution in [-0.2, 0) is 18.5 Å². The summed E-state index contributed by atoms with van der Waals surface area (Å²) in [5, 5.41) is 4.75. The largest absolute Gasteiger partial charge is 0.312 e. The number of hydrogen-bond acceptors (Lipinski definition) is 4. The number of rotatable bonds is 5. The van der Waals surface area contributed by atoms with E-state index in [9.17, 15) is 0 Å². The number of thiazole rings is 1. The van der Waals surface area contributed by atoms with E-state index in [0.29, 0.717) is 0 Å². The molecule has 0 bridgehead atoms. The van der Waals surface area contributed by atoms with Crippen molar-refractivity contribution in [3.8, 4) is 0 Å². The van der Waals surface area contributed by atoms with Crippen LogP contribution in [0.15, 0.2) is 0 Å². The van der Waals surface area contributed by atoms with Crippen molar-refractivity contribution >= 4 is 11.3 Å². The molecule has 1 fully saturated rings. The summed E-state index contributed by atoms with van der Waals surface area (Å²) in [7, 11) is 0. The number of aromatic nitrogens is 1. The maximum absolute atomic E-state index is 4.98. The van der Waals surface area contributed by atoms with Gasteiger partial charge in [-0.1, -0.05) is 34.6 Å². The quantitative estimate of drug-likeness (QED) is 0.897. The minimum atomic E-state index is 0.135. The van der Waals surface area contributed by atoms with Crippen molar-refractivity contribution in [3.05, 3.63) is 15.6 Å². The van der Waals surface area contributed by atoms with Gasteiger partial charge in [-0.25, -0.2) is 4.98 Å². The SMILES string of the molecule is CCNCc1sc(CN2CCC(C)CC2)nc1C(C)(C)C. The van der Waals surface area contributed by atoms with Crippen molar-refractivity contribution in [1.29, 1.82) is 0 Å². The molecule has 3 nitrogen and oxygen atoms in total. The van der Waals surface area contributed by atoms with E-state index in [-0.39, 0.29) is 5.41 Å². The van der Waals surface area contributed by atoms with Gasteiger partial charge >= 0.3 is 0 Å². The Morgan fingerprint density at radius 2 is 1.95 bits per heavy atom. The van der Waals surface area contributed by atoms with Gasteiger partial charge in [0.2, 0.25) is 0 Å². The maximum atomic E-state index is 4.98. The first-order chi connectivity index (χ1) is 9.90. The van der Waals surface area contributed by atoms with Gasteiger partial charge in [0.1, 0.15) is 5.01 Å². The molecule has 4 heteroatoms. The van der Waals surface area contributed by atoms with Gasteiger partial charge in [0.25, 0.3) is 0 Å². The van der Waals surface area contributed by atoms with E-state index in [1.165, 1.54) is 41.5 Å². The zero-order valence-corrected chi connectivity index (χ0v) is 15.1. The van der Waals surface area contributed by atoms with Crippen LogP contribution in [0.2, 0.25) is 0 Å². The normalized spacial score (nSPS) is 18.3. The first kappa shape index (κ1) is 16.9. The van der Waals surface area contributed by atoms with Crippen molar-refractivity contribution in [3.63, 3.8) is 0 Å². The zero-order valence-electron chi connectivity index (χ0n) is 14.3. The lowest BCUT2D eigenvalue weighted by Gasteiger charge is -2.29. The average Bonchev–Trinajstić information content (AvgIpc) is 2.82. The van der Waals surface area contributed by atoms with Crippen LogP contribution >= 0.6 is 11.3 Å². The lowest BCUT2D eigenvalue weighted by Crippen LogP contribution is -2.32. The molecule has 1 aliphatic rings. The van der Waals surface area contributed by atoms with Crippen molar-refractivity contribution in [2.45, 2.75) is 66.0 Å². The summed E-state index contributed by atoms with van der Waals surface area (Å²) in [5.41, 5.74) is 1.42. The molecule has 0 saturated carbocycles. The van der Waals surface area contributed by atoms with Gasteiger partial charge in [-0.3, -0.25) is 4.90 Å². The van der Waals surface area contributed by atoms with Gasteiger partial charge in [0.15, 0.2) is 0 Å². The van der Waals surface area contributed by atoms with Crippen LogP contribution in [0, 0.1) is 5.92 Å². The molecular formula is C17H31N3S. The second-order valence-electron chi connectivity index (χ2n) is 7.37. The van der Waals surface area contributed by atoms with Crippen molar-refractivity contribution in [2.24, 2.45) is 5.92 Å². The molecule has 1 aromatic heterocycles. The van der Waals surface area contributed by atoms with Crippen LogP contribution in [-0.4, -0.2) is 29.5 Å². The van der Waals surface area contributed by atoms with Gasteiger partial charge in [-0.2, -0.15) is 0 Å². The van der Waals surface area contributed by atoms with Gasteiger partial charge in [0.05, 0.1) is 12.2 Å². The molecule has 0 amide bonds. The number of nitrogens with zero attached hydrogens (tertiary/aromatic N) is 2.